The Labute approximate surface area is 98.4 Å². The number of rotatable bonds is 6. The first-order valence-corrected chi connectivity index (χ1v) is 5.65. The summed E-state index contributed by atoms with van der Waals surface area (Å²) in [6.45, 7) is 4.16. The standard InChI is InChI=1S/C13H22N2O/c1-11(9-14-2)15(3)10-12-6-5-7-13(8-12)16-4/h5-8,11,14H,9-10H2,1-4H3. The first-order chi connectivity index (χ1) is 7.67. The van der Waals surface area contributed by atoms with Crippen LogP contribution in [-0.4, -0.2) is 38.7 Å². The molecule has 0 heterocycles. The maximum absolute atomic E-state index is 5.21. The maximum Gasteiger partial charge on any atom is 0.119 e. The summed E-state index contributed by atoms with van der Waals surface area (Å²) >= 11 is 0. The van der Waals surface area contributed by atoms with Crippen LogP contribution in [0, 0.1) is 0 Å². The minimum Gasteiger partial charge on any atom is -0.497 e. The van der Waals surface area contributed by atoms with E-state index in [9.17, 15) is 0 Å². The van der Waals surface area contributed by atoms with Gasteiger partial charge in [0.1, 0.15) is 5.75 Å². The van der Waals surface area contributed by atoms with Crippen LogP contribution in [0.5, 0.6) is 5.75 Å². The Morgan fingerprint density at radius 3 is 2.81 bits per heavy atom. The molecule has 1 unspecified atom stereocenters. The molecule has 16 heavy (non-hydrogen) atoms. The predicted molar refractivity (Wildman–Crippen MR) is 67.8 cm³/mol. The van der Waals surface area contributed by atoms with E-state index in [0.717, 1.165) is 18.8 Å². The van der Waals surface area contributed by atoms with Crippen LogP contribution in [-0.2, 0) is 6.54 Å². The molecule has 1 aromatic rings. The SMILES string of the molecule is CNCC(C)N(C)Cc1cccc(OC)c1. The molecule has 0 amide bonds. The molecule has 0 spiro atoms. The smallest absolute Gasteiger partial charge is 0.119 e. The average molecular weight is 222 g/mol. The highest BCUT2D eigenvalue weighted by Gasteiger charge is 2.08. The lowest BCUT2D eigenvalue weighted by atomic mass is 10.2. The minimum absolute atomic E-state index is 0.524. The van der Waals surface area contributed by atoms with Crippen LogP contribution in [0.15, 0.2) is 24.3 Å². The minimum atomic E-state index is 0.524. The van der Waals surface area contributed by atoms with E-state index < -0.39 is 0 Å². The highest BCUT2D eigenvalue weighted by atomic mass is 16.5. The van der Waals surface area contributed by atoms with Gasteiger partial charge in [0.15, 0.2) is 0 Å². The van der Waals surface area contributed by atoms with Gasteiger partial charge in [-0.1, -0.05) is 12.1 Å². The fourth-order valence-electron chi connectivity index (χ4n) is 1.67. The van der Waals surface area contributed by atoms with Crippen LogP contribution >= 0.6 is 0 Å². The van der Waals surface area contributed by atoms with Crippen LogP contribution in [0.4, 0.5) is 0 Å². The molecule has 1 N–H and O–H groups in total. The summed E-state index contributed by atoms with van der Waals surface area (Å²) in [7, 11) is 5.82. The van der Waals surface area contributed by atoms with Gasteiger partial charge in [-0.2, -0.15) is 0 Å². The van der Waals surface area contributed by atoms with E-state index in [4.69, 9.17) is 4.74 Å². The number of ether oxygens (including phenoxy) is 1. The third-order valence-electron chi connectivity index (χ3n) is 2.82. The lowest BCUT2D eigenvalue weighted by molar-refractivity contribution is 0.246. The molecule has 1 rings (SSSR count). The summed E-state index contributed by atoms with van der Waals surface area (Å²) in [6, 6.07) is 8.75. The summed E-state index contributed by atoms with van der Waals surface area (Å²) in [6.07, 6.45) is 0. The van der Waals surface area contributed by atoms with E-state index in [-0.39, 0.29) is 0 Å². The van der Waals surface area contributed by atoms with Crippen molar-refractivity contribution in [3.8, 4) is 5.75 Å². The molecule has 3 nitrogen and oxygen atoms in total. The molecule has 0 saturated carbocycles. The Balaban J connectivity index is 2.58. The van der Waals surface area contributed by atoms with Crippen molar-refractivity contribution in [1.82, 2.24) is 10.2 Å². The number of hydrogen-bond acceptors (Lipinski definition) is 3. The second kappa shape index (κ2) is 6.51. The van der Waals surface area contributed by atoms with Gasteiger partial charge in [0, 0.05) is 19.1 Å². The highest BCUT2D eigenvalue weighted by molar-refractivity contribution is 5.28. The first kappa shape index (κ1) is 13.0. The molecule has 0 aromatic heterocycles. The van der Waals surface area contributed by atoms with Gasteiger partial charge in [-0.3, -0.25) is 4.90 Å². The molecule has 3 heteroatoms. The Hall–Kier alpha value is -1.06. The van der Waals surface area contributed by atoms with E-state index in [2.05, 4.69) is 36.3 Å². The predicted octanol–water partition coefficient (Wildman–Crippen LogP) is 1.73. The molecule has 0 saturated heterocycles. The van der Waals surface area contributed by atoms with E-state index >= 15 is 0 Å². The zero-order valence-electron chi connectivity index (χ0n) is 10.7. The molecule has 0 radical (unpaired) electrons. The van der Waals surface area contributed by atoms with Gasteiger partial charge >= 0.3 is 0 Å². The molecule has 0 bridgehead atoms. The number of methoxy groups -OCH3 is 1. The van der Waals surface area contributed by atoms with Crippen LogP contribution < -0.4 is 10.1 Å². The lowest BCUT2D eigenvalue weighted by Gasteiger charge is -2.24. The van der Waals surface area contributed by atoms with E-state index in [1.54, 1.807) is 7.11 Å². The molecule has 0 aliphatic carbocycles. The number of hydrogen-bond donors (Lipinski definition) is 1. The van der Waals surface area contributed by atoms with Crippen molar-refractivity contribution in [1.29, 1.82) is 0 Å². The third-order valence-corrected chi connectivity index (χ3v) is 2.82. The summed E-state index contributed by atoms with van der Waals surface area (Å²) in [5.74, 6) is 0.923. The normalized spacial score (nSPS) is 12.8. The first-order valence-electron chi connectivity index (χ1n) is 5.65. The van der Waals surface area contributed by atoms with Crippen LogP contribution in [0.1, 0.15) is 12.5 Å². The molecule has 1 atom stereocenters. The Kier molecular flexibility index (Phi) is 5.29. The lowest BCUT2D eigenvalue weighted by Crippen LogP contribution is -2.36. The molecule has 0 fully saturated rings. The highest BCUT2D eigenvalue weighted by Crippen LogP contribution is 2.14. The van der Waals surface area contributed by atoms with Crippen molar-refractivity contribution < 1.29 is 4.74 Å². The molecular weight excluding hydrogens is 200 g/mol. The van der Waals surface area contributed by atoms with Gasteiger partial charge in [-0.25, -0.2) is 0 Å². The number of nitrogens with zero attached hydrogens (tertiary/aromatic N) is 1. The summed E-state index contributed by atoms with van der Waals surface area (Å²) in [5.41, 5.74) is 1.28. The van der Waals surface area contributed by atoms with Crippen molar-refractivity contribution >= 4 is 0 Å². The molecular formula is C13H22N2O. The third kappa shape index (κ3) is 3.83. The van der Waals surface area contributed by atoms with Crippen LogP contribution in [0.2, 0.25) is 0 Å². The van der Waals surface area contributed by atoms with Crippen LogP contribution in [0.3, 0.4) is 0 Å². The Morgan fingerprint density at radius 2 is 2.19 bits per heavy atom. The quantitative estimate of drug-likeness (QED) is 0.793. The van der Waals surface area contributed by atoms with E-state index in [0.29, 0.717) is 6.04 Å². The van der Waals surface area contributed by atoms with E-state index in [1.807, 2.05) is 19.2 Å². The average Bonchev–Trinajstić information content (AvgIpc) is 2.29. The van der Waals surface area contributed by atoms with Crippen LogP contribution in [0.25, 0.3) is 0 Å². The second-order valence-corrected chi connectivity index (χ2v) is 4.17. The largest absolute Gasteiger partial charge is 0.497 e. The number of nitrogens with one attached hydrogen (secondary N) is 1. The fraction of sp³-hybridized carbons (Fsp3) is 0.538. The zero-order chi connectivity index (χ0) is 12.0. The monoisotopic (exact) mass is 222 g/mol. The number of likely N-dealkylation sites (N-methyl/N-ethyl adjacent to an activating group) is 2. The molecule has 0 aliphatic heterocycles. The van der Waals surface area contributed by atoms with Gasteiger partial charge in [-0.05, 0) is 38.7 Å². The summed E-state index contributed by atoms with van der Waals surface area (Å²) in [5, 5.41) is 3.19. The number of benzene rings is 1. The van der Waals surface area contributed by atoms with Crippen molar-refractivity contribution in [3.05, 3.63) is 29.8 Å². The van der Waals surface area contributed by atoms with Crippen molar-refractivity contribution in [3.63, 3.8) is 0 Å². The summed E-state index contributed by atoms with van der Waals surface area (Å²) in [4.78, 5) is 2.32. The topological polar surface area (TPSA) is 24.5 Å². The van der Waals surface area contributed by atoms with Gasteiger partial charge < -0.3 is 10.1 Å². The van der Waals surface area contributed by atoms with Gasteiger partial charge in [0.05, 0.1) is 7.11 Å². The molecule has 1 aromatic carbocycles. The fourth-order valence-corrected chi connectivity index (χ4v) is 1.67. The summed E-state index contributed by atoms with van der Waals surface area (Å²) < 4.78 is 5.21. The van der Waals surface area contributed by atoms with Gasteiger partial charge in [0.25, 0.3) is 0 Å². The second-order valence-electron chi connectivity index (χ2n) is 4.17. The Bertz CT molecular complexity index is 315. The molecule has 90 valence electrons. The van der Waals surface area contributed by atoms with Gasteiger partial charge in [0.2, 0.25) is 0 Å². The zero-order valence-corrected chi connectivity index (χ0v) is 10.7. The van der Waals surface area contributed by atoms with Crippen molar-refractivity contribution in [2.45, 2.75) is 19.5 Å². The Morgan fingerprint density at radius 1 is 1.44 bits per heavy atom. The molecule has 0 aliphatic rings. The van der Waals surface area contributed by atoms with Gasteiger partial charge in [-0.15, -0.1) is 0 Å². The van der Waals surface area contributed by atoms with Crippen molar-refractivity contribution in [2.75, 3.05) is 27.7 Å². The van der Waals surface area contributed by atoms with Crippen molar-refractivity contribution in [2.24, 2.45) is 0 Å². The van der Waals surface area contributed by atoms with E-state index in [1.165, 1.54) is 5.56 Å². The maximum atomic E-state index is 5.21.